The topological polar surface area (TPSA) is 40.2 Å². The molecule has 31 heavy (non-hydrogen) atoms. The molecule has 164 valence electrons. The fraction of sp³-hybridized carbons (Fsp3) is 0.462. The lowest BCUT2D eigenvalue weighted by Gasteiger charge is -2.37. The van der Waals surface area contributed by atoms with Crippen LogP contribution in [0.1, 0.15) is 36.8 Å². The van der Waals surface area contributed by atoms with Crippen LogP contribution < -0.4 is 18.9 Å². The lowest BCUT2D eigenvalue weighted by atomic mass is 9.84. The zero-order chi connectivity index (χ0) is 21.5. The van der Waals surface area contributed by atoms with E-state index in [9.17, 15) is 0 Å². The fourth-order valence-electron chi connectivity index (χ4n) is 5.56. The van der Waals surface area contributed by atoms with E-state index in [0.717, 1.165) is 36.0 Å². The van der Waals surface area contributed by atoms with Crippen LogP contribution in [0.25, 0.3) is 21.5 Å². The van der Waals surface area contributed by atoms with Crippen molar-refractivity contribution in [1.29, 1.82) is 0 Å². The van der Waals surface area contributed by atoms with Crippen LogP contribution in [-0.4, -0.2) is 45.9 Å². The summed E-state index contributed by atoms with van der Waals surface area (Å²) in [5.41, 5.74) is 2.85. The van der Waals surface area contributed by atoms with Crippen molar-refractivity contribution in [2.24, 2.45) is 0 Å². The molecule has 3 aromatic carbocycles. The highest BCUT2D eigenvalue weighted by Gasteiger charge is 2.31. The van der Waals surface area contributed by atoms with E-state index in [4.69, 9.17) is 18.9 Å². The first-order chi connectivity index (χ1) is 15.2. The smallest absolute Gasteiger partial charge is 0.161 e. The van der Waals surface area contributed by atoms with Crippen LogP contribution in [0.5, 0.6) is 23.0 Å². The SMILES string of the molecule is COc1cc2c3c(c4cc(OC)c(OC)cc4c2cc1OC)CN1CCCCCC1C3. The average Bonchev–Trinajstić information content (AvgIpc) is 3.06. The molecule has 0 bridgehead atoms. The van der Waals surface area contributed by atoms with E-state index in [1.165, 1.54) is 64.9 Å². The molecule has 0 amide bonds. The molecule has 5 nitrogen and oxygen atoms in total. The molecule has 0 spiro atoms. The normalized spacial score (nSPS) is 18.9. The van der Waals surface area contributed by atoms with E-state index < -0.39 is 0 Å². The monoisotopic (exact) mass is 421 g/mol. The molecule has 1 fully saturated rings. The molecule has 0 radical (unpaired) electrons. The molecule has 2 heterocycles. The Hall–Kier alpha value is -2.66. The van der Waals surface area contributed by atoms with Gasteiger partial charge in [0.1, 0.15) is 0 Å². The minimum absolute atomic E-state index is 0.615. The third-order valence-corrected chi connectivity index (χ3v) is 7.15. The number of hydrogen-bond acceptors (Lipinski definition) is 5. The van der Waals surface area contributed by atoms with Gasteiger partial charge in [0, 0.05) is 12.6 Å². The number of rotatable bonds is 4. The number of methoxy groups -OCH3 is 4. The zero-order valence-electron chi connectivity index (χ0n) is 18.9. The third kappa shape index (κ3) is 3.26. The molecule has 5 heteroatoms. The lowest BCUT2D eigenvalue weighted by molar-refractivity contribution is 0.177. The maximum absolute atomic E-state index is 5.68. The second-order valence-electron chi connectivity index (χ2n) is 8.64. The van der Waals surface area contributed by atoms with Gasteiger partial charge < -0.3 is 18.9 Å². The van der Waals surface area contributed by atoms with Crippen LogP contribution >= 0.6 is 0 Å². The molecule has 0 aliphatic carbocycles. The predicted octanol–water partition coefficient (Wildman–Crippen LogP) is 5.33. The molecule has 0 N–H and O–H groups in total. The van der Waals surface area contributed by atoms with Gasteiger partial charge >= 0.3 is 0 Å². The van der Waals surface area contributed by atoms with E-state index in [1.807, 2.05) is 0 Å². The summed E-state index contributed by atoms with van der Waals surface area (Å²) in [6, 6.07) is 9.15. The quantitative estimate of drug-likeness (QED) is 0.533. The van der Waals surface area contributed by atoms with E-state index in [0.29, 0.717) is 6.04 Å². The molecule has 0 saturated carbocycles. The molecule has 0 aromatic heterocycles. The van der Waals surface area contributed by atoms with Gasteiger partial charge in [0.15, 0.2) is 23.0 Å². The predicted molar refractivity (Wildman–Crippen MR) is 124 cm³/mol. The summed E-state index contributed by atoms with van der Waals surface area (Å²) in [5, 5.41) is 4.85. The van der Waals surface area contributed by atoms with Gasteiger partial charge in [0.2, 0.25) is 0 Å². The third-order valence-electron chi connectivity index (χ3n) is 7.15. The van der Waals surface area contributed by atoms with Gasteiger partial charge in [0.25, 0.3) is 0 Å². The van der Waals surface area contributed by atoms with Crippen molar-refractivity contribution < 1.29 is 18.9 Å². The van der Waals surface area contributed by atoms with Crippen LogP contribution in [0.15, 0.2) is 24.3 Å². The van der Waals surface area contributed by atoms with Crippen molar-refractivity contribution in [3.63, 3.8) is 0 Å². The summed E-state index contributed by atoms with van der Waals surface area (Å²) in [6.45, 7) is 2.17. The Bertz CT molecular complexity index is 1050. The van der Waals surface area contributed by atoms with Gasteiger partial charge in [-0.1, -0.05) is 12.8 Å². The Morgan fingerprint density at radius 2 is 1.16 bits per heavy atom. The van der Waals surface area contributed by atoms with Crippen LogP contribution in [0.2, 0.25) is 0 Å². The van der Waals surface area contributed by atoms with E-state index in [1.54, 1.807) is 28.4 Å². The number of benzene rings is 3. The molecule has 3 aromatic rings. The van der Waals surface area contributed by atoms with Crippen LogP contribution in [0.4, 0.5) is 0 Å². The van der Waals surface area contributed by atoms with Gasteiger partial charge in [-0.3, -0.25) is 4.90 Å². The number of ether oxygens (including phenoxy) is 4. The summed E-state index contributed by atoms with van der Waals surface area (Å²) in [6.07, 6.45) is 6.30. The van der Waals surface area contributed by atoms with Crippen LogP contribution in [0.3, 0.4) is 0 Å². The van der Waals surface area contributed by atoms with Crippen molar-refractivity contribution >= 4 is 21.5 Å². The molecule has 1 saturated heterocycles. The largest absolute Gasteiger partial charge is 0.493 e. The van der Waals surface area contributed by atoms with E-state index in [-0.39, 0.29) is 0 Å². The van der Waals surface area contributed by atoms with Gasteiger partial charge in [-0.05, 0) is 82.7 Å². The second kappa shape index (κ2) is 8.12. The molecular weight excluding hydrogens is 390 g/mol. The highest BCUT2D eigenvalue weighted by atomic mass is 16.5. The number of fused-ring (bicyclic) bond motifs is 7. The summed E-state index contributed by atoms with van der Waals surface area (Å²) in [4.78, 5) is 2.69. The van der Waals surface area contributed by atoms with Gasteiger partial charge in [-0.15, -0.1) is 0 Å². The van der Waals surface area contributed by atoms with Crippen LogP contribution in [-0.2, 0) is 13.0 Å². The Labute approximate surface area is 183 Å². The summed E-state index contributed by atoms with van der Waals surface area (Å²) >= 11 is 0. The summed E-state index contributed by atoms with van der Waals surface area (Å²) in [5.74, 6) is 3.04. The van der Waals surface area contributed by atoms with Crippen molar-refractivity contribution in [1.82, 2.24) is 4.90 Å². The van der Waals surface area contributed by atoms with Crippen LogP contribution in [0, 0.1) is 0 Å². The first kappa shape index (κ1) is 20.3. The number of nitrogens with zero attached hydrogens (tertiary/aromatic N) is 1. The Balaban J connectivity index is 1.85. The Morgan fingerprint density at radius 1 is 0.645 bits per heavy atom. The average molecular weight is 422 g/mol. The maximum atomic E-state index is 5.68. The highest BCUT2D eigenvalue weighted by molar-refractivity contribution is 6.12. The van der Waals surface area contributed by atoms with E-state index >= 15 is 0 Å². The highest BCUT2D eigenvalue weighted by Crippen LogP contribution is 2.45. The van der Waals surface area contributed by atoms with Gasteiger partial charge in [-0.2, -0.15) is 0 Å². The first-order valence-electron chi connectivity index (χ1n) is 11.2. The van der Waals surface area contributed by atoms with Crippen molar-refractivity contribution in [2.45, 2.75) is 44.7 Å². The summed E-state index contributed by atoms with van der Waals surface area (Å²) in [7, 11) is 6.79. The Morgan fingerprint density at radius 3 is 1.71 bits per heavy atom. The van der Waals surface area contributed by atoms with Gasteiger partial charge in [0.05, 0.1) is 28.4 Å². The lowest BCUT2D eigenvalue weighted by Crippen LogP contribution is -2.40. The fourth-order valence-corrected chi connectivity index (χ4v) is 5.56. The van der Waals surface area contributed by atoms with Crippen molar-refractivity contribution in [3.8, 4) is 23.0 Å². The zero-order valence-corrected chi connectivity index (χ0v) is 18.9. The van der Waals surface area contributed by atoms with E-state index in [2.05, 4.69) is 29.2 Å². The number of hydrogen-bond donors (Lipinski definition) is 0. The molecule has 1 atom stereocenters. The minimum atomic E-state index is 0.615. The summed E-state index contributed by atoms with van der Waals surface area (Å²) < 4.78 is 22.6. The van der Waals surface area contributed by atoms with Crippen molar-refractivity contribution in [2.75, 3.05) is 35.0 Å². The molecule has 5 rings (SSSR count). The molecule has 2 aliphatic heterocycles. The minimum Gasteiger partial charge on any atom is -0.493 e. The van der Waals surface area contributed by atoms with Crippen molar-refractivity contribution in [3.05, 3.63) is 35.4 Å². The first-order valence-corrected chi connectivity index (χ1v) is 11.2. The van der Waals surface area contributed by atoms with Gasteiger partial charge in [-0.25, -0.2) is 0 Å². The Kier molecular flexibility index (Phi) is 5.30. The standard InChI is InChI=1S/C26H31NO4/c1-28-23-11-18-17-10-16-8-6-5-7-9-27(16)15-22(17)21-14-26(31-4)25(30-3)13-20(21)19(18)12-24(23)29-2/h11-14,16H,5-10,15H2,1-4H3. The molecular formula is C26H31NO4. The second-order valence-corrected chi connectivity index (χ2v) is 8.64. The maximum Gasteiger partial charge on any atom is 0.161 e. The molecule has 1 unspecified atom stereocenters. The molecule has 2 aliphatic rings.